The molecule has 3 N–H and O–H groups in total. The summed E-state index contributed by atoms with van der Waals surface area (Å²) in [7, 11) is 0. The number of ether oxygens (including phenoxy) is 1. The van der Waals surface area contributed by atoms with Crippen molar-refractivity contribution in [3.63, 3.8) is 0 Å². The van der Waals surface area contributed by atoms with Gasteiger partial charge in [-0.25, -0.2) is 0 Å². The number of benzene rings is 1. The summed E-state index contributed by atoms with van der Waals surface area (Å²) in [6.07, 6.45) is 3.09. The molecule has 1 aromatic carbocycles. The highest BCUT2D eigenvalue weighted by molar-refractivity contribution is 5.98. The second kappa shape index (κ2) is 5.42. The summed E-state index contributed by atoms with van der Waals surface area (Å²) < 4.78 is 5.21. The summed E-state index contributed by atoms with van der Waals surface area (Å²) >= 11 is 0. The van der Waals surface area contributed by atoms with E-state index < -0.39 is 5.54 Å². The SMILES string of the molecule is NC1(C(=O)Nc2ccc(N3CCCC3)cc2)CCOC1. The molecule has 2 aliphatic heterocycles. The zero-order valence-corrected chi connectivity index (χ0v) is 11.6. The van der Waals surface area contributed by atoms with Crippen LogP contribution in [-0.2, 0) is 9.53 Å². The van der Waals surface area contributed by atoms with Crippen LogP contribution in [0.1, 0.15) is 19.3 Å². The molecule has 3 rings (SSSR count). The summed E-state index contributed by atoms with van der Waals surface area (Å²) in [4.78, 5) is 14.5. The highest BCUT2D eigenvalue weighted by atomic mass is 16.5. The summed E-state index contributed by atoms with van der Waals surface area (Å²) in [6, 6.07) is 7.97. The molecular formula is C15H21N3O2. The van der Waals surface area contributed by atoms with Crippen LogP contribution in [0.15, 0.2) is 24.3 Å². The van der Waals surface area contributed by atoms with Gasteiger partial charge in [-0.15, -0.1) is 0 Å². The molecular weight excluding hydrogens is 254 g/mol. The Kier molecular flexibility index (Phi) is 3.63. The third-order valence-electron chi connectivity index (χ3n) is 4.10. The number of carbonyl (C=O) groups is 1. The van der Waals surface area contributed by atoms with Crippen molar-refractivity contribution in [1.29, 1.82) is 0 Å². The third kappa shape index (κ3) is 2.64. The molecule has 5 heteroatoms. The molecule has 0 aliphatic carbocycles. The highest BCUT2D eigenvalue weighted by Gasteiger charge is 2.38. The maximum absolute atomic E-state index is 12.2. The van der Waals surface area contributed by atoms with Crippen molar-refractivity contribution in [2.75, 3.05) is 36.5 Å². The second-order valence-electron chi connectivity index (χ2n) is 5.65. The molecule has 1 amide bonds. The first-order valence-corrected chi connectivity index (χ1v) is 7.20. The first-order chi connectivity index (χ1) is 9.67. The van der Waals surface area contributed by atoms with Gasteiger partial charge < -0.3 is 20.7 Å². The van der Waals surface area contributed by atoms with E-state index in [1.54, 1.807) is 0 Å². The van der Waals surface area contributed by atoms with Gasteiger partial charge in [-0.2, -0.15) is 0 Å². The second-order valence-corrected chi connectivity index (χ2v) is 5.65. The number of nitrogens with two attached hydrogens (primary N) is 1. The Labute approximate surface area is 119 Å². The lowest BCUT2D eigenvalue weighted by atomic mass is 9.99. The molecule has 0 spiro atoms. The molecule has 1 atom stereocenters. The van der Waals surface area contributed by atoms with Gasteiger partial charge in [-0.1, -0.05) is 0 Å². The molecule has 5 nitrogen and oxygen atoms in total. The van der Waals surface area contributed by atoms with Crippen LogP contribution in [0.4, 0.5) is 11.4 Å². The van der Waals surface area contributed by atoms with Gasteiger partial charge in [0.1, 0.15) is 5.54 Å². The van der Waals surface area contributed by atoms with Gasteiger partial charge >= 0.3 is 0 Å². The Balaban J connectivity index is 1.64. The lowest BCUT2D eigenvalue weighted by molar-refractivity contribution is -0.121. The van der Waals surface area contributed by atoms with Crippen LogP contribution in [-0.4, -0.2) is 37.7 Å². The van der Waals surface area contributed by atoms with E-state index in [0.29, 0.717) is 19.6 Å². The van der Waals surface area contributed by atoms with Crippen molar-refractivity contribution in [3.05, 3.63) is 24.3 Å². The van der Waals surface area contributed by atoms with Crippen LogP contribution in [0.3, 0.4) is 0 Å². The molecule has 2 aliphatic rings. The first kappa shape index (κ1) is 13.4. The van der Waals surface area contributed by atoms with E-state index >= 15 is 0 Å². The number of nitrogens with zero attached hydrogens (tertiary/aromatic N) is 1. The van der Waals surface area contributed by atoms with Gasteiger partial charge in [-0.05, 0) is 43.5 Å². The van der Waals surface area contributed by atoms with Crippen molar-refractivity contribution in [3.8, 4) is 0 Å². The first-order valence-electron chi connectivity index (χ1n) is 7.20. The molecule has 0 aromatic heterocycles. The van der Waals surface area contributed by atoms with Gasteiger partial charge in [0.15, 0.2) is 0 Å². The van der Waals surface area contributed by atoms with Crippen LogP contribution in [0.25, 0.3) is 0 Å². The molecule has 0 radical (unpaired) electrons. The monoisotopic (exact) mass is 275 g/mol. The highest BCUT2D eigenvalue weighted by Crippen LogP contribution is 2.23. The van der Waals surface area contributed by atoms with E-state index in [2.05, 4.69) is 22.3 Å². The molecule has 1 aromatic rings. The number of amides is 1. The molecule has 20 heavy (non-hydrogen) atoms. The fourth-order valence-corrected chi connectivity index (χ4v) is 2.75. The maximum Gasteiger partial charge on any atom is 0.246 e. The van der Waals surface area contributed by atoms with Crippen LogP contribution in [0.2, 0.25) is 0 Å². The van der Waals surface area contributed by atoms with Gasteiger partial charge in [0, 0.05) is 31.1 Å². The van der Waals surface area contributed by atoms with Gasteiger partial charge in [0.25, 0.3) is 0 Å². The van der Waals surface area contributed by atoms with Crippen LogP contribution < -0.4 is 16.0 Å². The number of hydrogen-bond acceptors (Lipinski definition) is 4. The van der Waals surface area contributed by atoms with E-state index in [1.807, 2.05) is 12.1 Å². The van der Waals surface area contributed by atoms with Crippen molar-refractivity contribution in [2.45, 2.75) is 24.8 Å². The molecule has 0 saturated carbocycles. The lowest BCUT2D eigenvalue weighted by Crippen LogP contribution is -2.51. The lowest BCUT2D eigenvalue weighted by Gasteiger charge is -2.21. The van der Waals surface area contributed by atoms with Gasteiger partial charge in [0.05, 0.1) is 6.61 Å². The third-order valence-corrected chi connectivity index (χ3v) is 4.10. The van der Waals surface area contributed by atoms with Crippen LogP contribution >= 0.6 is 0 Å². The van der Waals surface area contributed by atoms with Crippen molar-refractivity contribution in [1.82, 2.24) is 0 Å². The summed E-state index contributed by atoms with van der Waals surface area (Å²) in [5, 5.41) is 2.88. The molecule has 2 fully saturated rings. The Morgan fingerprint density at radius 3 is 2.55 bits per heavy atom. The summed E-state index contributed by atoms with van der Waals surface area (Å²) in [5.74, 6) is -0.163. The Morgan fingerprint density at radius 1 is 1.25 bits per heavy atom. The van der Waals surface area contributed by atoms with E-state index in [9.17, 15) is 4.79 Å². The standard InChI is InChI=1S/C15H21N3O2/c16-15(7-10-20-11-15)14(19)17-12-3-5-13(6-4-12)18-8-1-2-9-18/h3-6H,1-2,7-11,16H2,(H,17,19). The molecule has 108 valence electrons. The molecule has 1 unspecified atom stereocenters. The van der Waals surface area contributed by atoms with Crippen LogP contribution in [0, 0.1) is 0 Å². The van der Waals surface area contributed by atoms with Crippen molar-refractivity contribution in [2.24, 2.45) is 5.73 Å². The minimum Gasteiger partial charge on any atom is -0.379 e. The number of rotatable bonds is 3. The summed E-state index contributed by atoms with van der Waals surface area (Å²) in [5.41, 5.74) is 7.15. The number of hydrogen-bond donors (Lipinski definition) is 2. The van der Waals surface area contributed by atoms with E-state index in [0.717, 1.165) is 18.8 Å². The Hall–Kier alpha value is -1.59. The summed E-state index contributed by atoms with van der Waals surface area (Å²) in [6.45, 7) is 3.09. The topological polar surface area (TPSA) is 67.6 Å². The normalized spacial score (nSPS) is 25.9. The van der Waals surface area contributed by atoms with E-state index in [-0.39, 0.29) is 5.91 Å². The Morgan fingerprint density at radius 2 is 1.95 bits per heavy atom. The minimum absolute atomic E-state index is 0.163. The largest absolute Gasteiger partial charge is 0.379 e. The molecule has 2 saturated heterocycles. The number of carbonyl (C=O) groups excluding carboxylic acids is 1. The average molecular weight is 275 g/mol. The predicted octanol–water partition coefficient (Wildman–Crippen LogP) is 1.34. The van der Waals surface area contributed by atoms with Crippen molar-refractivity contribution >= 4 is 17.3 Å². The number of nitrogens with one attached hydrogen (secondary N) is 1. The Bertz CT molecular complexity index is 474. The average Bonchev–Trinajstić information content (AvgIpc) is 3.11. The quantitative estimate of drug-likeness (QED) is 0.873. The zero-order valence-electron chi connectivity index (χ0n) is 11.6. The maximum atomic E-state index is 12.2. The predicted molar refractivity (Wildman–Crippen MR) is 78.9 cm³/mol. The number of anilines is 2. The van der Waals surface area contributed by atoms with Crippen LogP contribution in [0.5, 0.6) is 0 Å². The fourth-order valence-electron chi connectivity index (χ4n) is 2.75. The molecule has 0 bridgehead atoms. The molecule has 2 heterocycles. The smallest absolute Gasteiger partial charge is 0.246 e. The van der Waals surface area contributed by atoms with E-state index in [1.165, 1.54) is 18.5 Å². The van der Waals surface area contributed by atoms with E-state index in [4.69, 9.17) is 10.5 Å². The van der Waals surface area contributed by atoms with Gasteiger partial charge in [0.2, 0.25) is 5.91 Å². The fraction of sp³-hybridized carbons (Fsp3) is 0.533. The zero-order chi connectivity index (χ0) is 14.0. The van der Waals surface area contributed by atoms with Crippen molar-refractivity contribution < 1.29 is 9.53 Å². The minimum atomic E-state index is -0.881. The van der Waals surface area contributed by atoms with Gasteiger partial charge in [-0.3, -0.25) is 4.79 Å².